The second kappa shape index (κ2) is 6.87. The van der Waals surface area contributed by atoms with E-state index >= 15 is 0 Å². The van der Waals surface area contributed by atoms with Gasteiger partial charge in [-0.25, -0.2) is 9.97 Å². The molecule has 2 aromatic rings. The smallest absolute Gasteiger partial charge is 0.153 e. The summed E-state index contributed by atoms with van der Waals surface area (Å²) in [6.45, 7) is 6.52. The maximum absolute atomic E-state index is 4.82. The van der Waals surface area contributed by atoms with E-state index in [4.69, 9.17) is 9.97 Å². The number of hydrogen-bond acceptors (Lipinski definition) is 6. The van der Waals surface area contributed by atoms with Crippen LogP contribution in [0.2, 0.25) is 0 Å². The first-order valence-electron chi connectivity index (χ1n) is 10.3. The van der Waals surface area contributed by atoms with Crippen LogP contribution in [0.1, 0.15) is 55.2 Å². The summed E-state index contributed by atoms with van der Waals surface area (Å²) < 4.78 is 0. The van der Waals surface area contributed by atoms with E-state index in [9.17, 15) is 0 Å². The van der Waals surface area contributed by atoms with E-state index in [1.165, 1.54) is 45.2 Å². The highest BCUT2D eigenvalue weighted by atomic mass is 15.3. The van der Waals surface area contributed by atoms with Gasteiger partial charge in [0, 0.05) is 60.7 Å². The molecule has 3 aliphatic heterocycles. The Bertz CT molecular complexity index is 792. The standard InChI is InChI=1S/C20H29N7/c1-12-7-18(23-19-8-13(2)25-26-19)24-20(21-12)14-3-5-17(6-4-14)27-10-15-9-16(11-27)22-15/h7-8,14-17,22H,3-6,9-11H2,1-2H3,(H2,21,23,24,25,26)/t14?,15-,16?,17?/m0/s1. The normalized spacial score (nSPS) is 30.7. The van der Waals surface area contributed by atoms with Crippen molar-refractivity contribution in [2.75, 3.05) is 18.4 Å². The Kier molecular flexibility index (Phi) is 4.36. The topological polar surface area (TPSA) is 81.8 Å². The van der Waals surface area contributed by atoms with Crippen LogP contribution in [-0.4, -0.2) is 56.3 Å². The number of hydrogen-bond donors (Lipinski definition) is 3. The molecule has 2 atom stereocenters. The Morgan fingerprint density at radius 3 is 2.41 bits per heavy atom. The molecule has 144 valence electrons. The van der Waals surface area contributed by atoms with Gasteiger partial charge in [-0.05, 0) is 46.0 Å². The number of piperidine rings is 1. The zero-order valence-electron chi connectivity index (χ0n) is 16.2. The molecule has 6 rings (SSSR count). The van der Waals surface area contributed by atoms with E-state index in [1.54, 1.807) is 0 Å². The van der Waals surface area contributed by atoms with Crippen molar-refractivity contribution in [2.45, 2.75) is 70.0 Å². The van der Waals surface area contributed by atoms with Gasteiger partial charge in [0.15, 0.2) is 5.82 Å². The molecule has 7 nitrogen and oxygen atoms in total. The van der Waals surface area contributed by atoms with Crippen LogP contribution >= 0.6 is 0 Å². The Balaban J connectivity index is 1.24. The molecule has 1 saturated carbocycles. The molecule has 2 bridgehead atoms. The maximum Gasteiger partial charge on any atom is 0.153 e. The Morgan fingerprint density at radius 1 is 1.00 bits per heavy atom. The van der Waals surface area contributed by atoms with Crippen molar-refractivity contribution in [1.82, 2.24) is 30.4 Å². The fraction of sp³-hybridized carbons (Fsp3) is 0.650. The van der Waals surface area contributed by atoms with Crippen LogP contribution in [0.15, 0.2) is 12.1 Å². The van der Waals surface area contributed by atoms with Crippen LogP contribution in [0, 0.1) is 13.8 Å². The molecule has 7 heteroatoms. The third kappa shape index (κ3) is 3.58. The molecule has 0 spiro atoms. The van der Waals surface area contributed by atoms with Crippen LogP contribution in [-0.2, 0) is 0 Å². The fourth-order valence-corrected chi connectivity index (χ4v) is 5.00. The first-order chi connectivity index (χ1) is 13.1. The minimum atomic E-state index is 0.472. The van der Waals surface area contributed by atoms with Crippen molar-refractivity contribution in [2.24, 2.45) is 0 Å². The van der Waals surface area contributed by atoms with E-state index in [0.29, 0.717) is 5.92 Å². The van der Waals surface area contributed by atoms with E-state index in [2.05, 4.69) is 25.7 Å². The summed E-state index contributed by atoms with van der Waals surface area (Å²) in [6, 6.07) is 6.23. The van der Waals surface area contributed by atoms with Crippen molar-refractivity contribution in [3.8, 4) is 0 Å². The SMILES string of the molecule is Cc1cc(Nc2cc(C)[nH]n2)nc(C2CCC(N3CC4C[C@@H](C3)N4)CC2)n1. The summed E-state index contributed by atoms with van der Waals surface area (Å²) in [5.74, 6) is 3.11. The number of rotatable bonds is 4. The lowest BCUT2D eigenvalue weighted by Gasteiger charge is -2.51. The van der Waals surface area contributed by atoms with E-state index in [1.807, 2.05) is 26.0 Å². The van der Waals surface area contributed by atoms with Gasteiger partial charge in [0.2, 0.25) is 0 Å². The van der Waals surface area contributed by atoms with Crippen molar-refractivity contribution >= 4 is 11.6 Å². The van der Waals surface area contributed by atoms with Crippen molar-refractivity contribution < 1.29 is 0 Å². The van der Waals surface area contributed by atoms with Crippen LogP contribution in [0.3, 0.4) is 0 Å². The van der Waals surface area contributed by atoms with E-state index in [0.717, 1.165) is 47.0 Å². The molecule has 3 saturated heterocycles. The first kappa shape index (κ1) is 17.1. The quantitative estimate of drug-likeness (QED) is 0.771. The number of H-pyrrole nitrogens is 1. The van der Waals surface area contributed by atoms with Gasteiger partial charge in [-0.1, -0.05) is 0 Å². The van der Waals surface area contributed by atoms with Crippen molar-refractivity contribution in [3.63, 3.8) is 0 Å². The van der Waals surface area contributed by atoms with Crippen LogP contribution < -0.4 is 10.6 Å². The molecule has 27 heavy (non-hydrogen) atoms. The van der Waals surface area contributed by atoms with Gasteiger partial charge in [-0.2, -0.15) is 5.10 Å². The Labute approximate surface area is 160 Å². The Morgan fingerprint density at radius 2 is 1.74 bits per heavy atom. The number of nitrogens with one attached hydrogen (secondary N) is 3. The summed E-state index contributed by atoms with van der Waals surface area (Å²) in [5, 5.41) is 14.2. The monoisotopic (exact) mass is 367 g/mol. The van der Waals surface area contributed by atoms with E-state index < -0.39 is 0 Å². The van der Waals surface area contributed by atoms with Crippen LogP contribution in [0.25, 0.3) is 0 Å². The number of fused-ring (bicyclic) bond motifs is 2. The second-order valence-corrected chi connectivity index (χ2v) is 8.57. The zero-order valence-corrected chi connectivity index (χ0v) is 16.2. The second-order valence-electron chi connectivity index (χ2n) is 8.57. The molecule has 2 aromatic heterocycles. The lowest BCUT2D eigenvalue weighted by molar-refractivity contribution is 0.0307. The average molecular weight is 368 g/mol. The number of piperazine rings is 1. The average Bonchev–Trinajstić information content (AvgIpc) is 3.05. The molecule has 0 radical (unpaired) electrons. The molecule has 3 N–H and O–H groups in total. The predicted octanol–water partition coefficient (Wildman–Crippen LogP) is 2.63. The molecule has 1 aliphatic carbocycles. The van der Waals surface area contributed by atoms with Gasteiger partial charge in [-0.15, -0.1) is 0 Å². The summed E-state index contributed by atoms with van der Waals surface area (Å²) in [4.78, 5) is 12.3. The summed E-state index contributed by atoms with van der Waals surface area (Å²) in [6.07, 6.45) is 6.29. The number of aromatic amines is 1. The minimum absolute atomic E-state index is 0.472. The van der Waals surface area contributed by atoms with Crippen molar-refractivity contribution in [3.05, 3.63) is 29.3 Å². The molecule has 0 aromatic carbocycles. The number of aryl methyl sites for hydroxylation is 2. The predicted molar refractivity (Wildman–Crippen MR) is 105 cm³/mol. The summed E-state index contributed by atoms with van der Waals surface area (Å²) in [5.41, 5.74) is 2.05. The fourth-order valence-electron chi connectivity index (χ4n) is 5.00. The van der Waals surface area contributed by atoms with Gasteiger partial charge in [-0.3, -0.25) is 10.00 Å². The lowest BCUT2D eigenvalue weighted by Crippen LogP contribution is -2.68. The van der Waals surface area contributed by atoms with Crippen molar-refractivity contribution in [1.29, 1.82) is 0 Å². The number of nitrogens with zero attached hydrogens (tertiary/aromatic N) is 4. The third-order valence-corrected chi connectivity index (χ3v) is 6.36. The number of aromatic nitrogens is 4. The lowest BCUT2D eigenvalue weighted by atomic mass is 9.82. The largest absolute Gasteiger partial charge is 0.323 e. The molecule has 4 fully saturated rings. The Hall–Kier alpha value is -1.99. The van der Waals surface area contributed by atoms with Gasteiger partial charge >= 0.3 is 0 Å². The van der Waals surface area contributed by atoms with Gasteiger partial charge in [0.25, 0.3) is 0 Å². The summed E-state index contributed by atoms with van der Waals surface area (Å²) >= 11 is 0. The highest BCUT2D eigenvalue weighted by Gasteiger charge is 2.39. The summed E-state index contributed by atoms with van der Waals surface area (Å²) in [7, 11) is 0. The first-order valence-corrected chi connectivity index (χ1v) is 10.3. The van der Waals surface area contributed by atoms with Gasteiger partial charge in [0.05, 0.1) is 0 Å². The molecule has 4 aliphatic rings. The molecule has 1 unspecified atom stereocenters. The van der Waals surface area contributed by atoms with Crippen LogP contribution in [0.5, 0.6) is 0 Å². The highest BCUT2D eigenvalue weighted by molar-refractivity contribution is 5.52. The van der Waals surface area contributed by atoms with Gasteiger partial charge < -0.3 is 10.6 Å². The highest BCUT2D eigenvalue weighted by Crippen LogP contribution is 2.36. The number of anilines is 2. The van der Waals surface area contributed by atoms with E-state index in [-0.39, 0.29) is 0 Å². The molecular weight excluding hydrogens is 338 g/mol. The zero-order chi connectivity index (χ0) is 18.4. The van der Waals surface area contributed by atoms with Crippen LogP contribution in [0.4, 0.5) is 11.6 Å². The molecule has 0 amide bonds. The minimum Gasteiger partial charge on any atom is -0.323 e. The van der Waals surface area contributed by atoms with Gasteiger partial charge in [0.1, 0.15) is 11.6 Å². The molecule has 5 heterocycles. The third-order valence-electron chi connectivity index (χ3n) is 6.36. The maximum atomic E-state index is 4.82. The molecular formula is C20H29N7.